The van der Waals surface area contributed by atoms with Gasteiger partial charge < -0.3 is 20.3 Å². The number of benzene rings is 1. The number of ether oxygens (including phenoxy) is 1. The summed E-state index contributed by atoms with van der Waals surface area (Å²) in [5.74, 6) is -0.257. The highest BCUT2D eigenvalue weighted by molar-refractivity contribution is 5.97. The second-order valence-corrected chi connectivity index (χ2v) is 5.22. The van der Waals surface area contributed by atoms with Crippen molar-refractivity contribution < 1.29 is 14.3 Å². The first kappa shape index (κ1) is 16.5. The van der Waals surface area contributed by atoms with Crippen molar-refractivity contribution in [3.8, 4) is 0 Å². The van der Waals surface area contributed by atoms with E-state index in [-0.39, 0.29) is 24.9 Å². The molecule has 0 saturated carbocycles. The molecule has 0 bridgehead atoms. The van der Waals surface area contributed by atoms with Crippen molar-refractivity contribution in [2.45, 2.75) is 12.8 Å². The zero-order chi connectivity index (χ0) is 15.8. The molecule has 2 rings (SSSR count). The van der Waals surface area contributed by atoms with Gasteiger partial charge in [-0.3, -0.25) is 9.59 Å². The summed E-state index contributed by atoms with van der Waals surface area (Å²) in [4.78, 5) is 25.7. The molecule has 0 aliphatic carbocycles. The Morgan fingerprint density at radius 3 is 2.91 bits per heavy atom. The van der Waals surface area contributed by atoms with Crippen LogP contribution < -0.4 is 15.5 Å². The van der Waals surface area contributed by atoms with Gasteiger partial charge in [0, 0.05) is 25.9 Å². The molecule has 1 aliphatic rings. The van der Waals surface area contributed by atoms with Gasteiger partial charge in [0.15, 0.2) is 0 Å². The summed E-state index contributed by atoms with van der Waals surface area (Å²) in [6, 6.07) is 7.93. The minimum Gasteiger partial charge on any atom is -0.383 e. The summed E-state index contributed by atoms with van der Waals surface area (Å²) >= 11 is 0. The summed E-state index contributed by atoms with van der Waals surface area (Å²) in [6.45, 7) is 2.08. The monoisotopic (exact) mass is 305 g/mol. The average Bonchev–Trinajstić information content (AvgIpc) is 2.56. The molecule has 2 amide bonds. The molecule has 120 valence electrons. The predicted molar refractivity (Wildman–Crippen MR) is 84.9 cm³/mol. The molecule has 22 heavy (non-hydrogen) atoms. The van der Waals surface area contributed by atoms with Crippen LogP contribution in [0.1, 0.15) is 12.0 Å². The third kappa shape index (κ3) is 4.54. The molecule has 0 fully saturated rings. The van der Waals surface area contributed by atoms with Gasteiger partial charge in [-0.1, -0.05) is 18.2 Å². The molecule has 0 saturated heterocycles. The predicted octanol–water partition coefficient (Wildman–Crippen LogP) is 0.318. The maximum Gasteiger partial charge on any atom is 0.246 e. The van der Waals surface area contributed by atoms with Crippen LogP contribution in [0.3, 0.4) is 0 Å². The van der Waals surface area contributed by atoms with E-state index in [1.807, 2.05) is 24.3 Å². The number of para-hydroxylation sites is 1. The Balaban J connectivity index is 1.80. The number of fused-ring (bicyclic) bond motifs is 1. The van der Waals surface area contributed by atoms with Crippen molar-refractivity contribution in [2.75, 3.05) is 44.8 Å². The zero-order valence-corrected chi connectivity index (χ0v) is 12.9. The minimum atomic E-state index is -0.185. The summed E-state index contributed by atoms with van der Waals surface area (Å²) in [6.07, 6.45) is 1.95. The topological polar surface area (TPSA) is 70.7 Å². The van der Waals surface area contributed by atoms with Crippen molar-refractivity contribution in [3.05, 3.63) is 29.8 Å². The number of carbonyl (C=O) groups excluding carboxylic acids is 2. The van der Waals surface area contributed by atoms with Gasteiger partial charge >= 0.3 is 0 Å². The van der Waals surface area contributed by atoms with Crippen LogP contribution in [0.4, 0.5) is 5.69 Å². The van der Waals surface area contributed by atoms with Crippen molar-refractivity contribution in [3.63, 3.8) is 0 Å². The average molecular weight is 305 g/mol. The molecule has 6 heteroatoms. The molecule has 2 N–H and O–H groups in total. The van der Waals surface area contributed by atoms with Gasteiger partial charge in [-0.05, 0) is 24.5 Å². The maximum atomic E-state index is 12.3. The molecule has 1 aliphatic heterocycles. The number of carbonyl (C=O) groups is 2. The Bertz CT molecular complexity index is 519. The van der Waals surface area contributed by atoms with Gasteiger partial charge in [0.05, 0.1) is 19.7 Å². The molecule has 0 radical (unpaired) electrons. The maximum absolute atomic E-state index is 12.3. The Kier molecular flexibility index (Phi) is 6.36. The van der Waals surface area contributed by atoms with E-state index in [1.165, 1.54) is 5.56 Å². The van der Waals surface area contributed by atoms with Gasteiger partial charge in [0.2, 0.25) is 11.8 Å². The van der Waals surface area contributed by atoms with Crippen molar-refractivity contribution in [1.82, 2.24) is 10.6 Å². The highest BCUT2D eigenvalue weighted by Crippen LogP contribution is 2.26. The fourth-order valence-electron chi connectivity index (χ4n) is 2.50. The van der Waals surface area contributed by atoms with Gasteiger partial charge in [-0.2, -0.15) is 0 Å². The zero-order valence-electron chi connectivity index (χ0n) is 12.9. The summed E-state index contributed by atoms with van der Waals surface area (Å²) in [7, 11) is 1.61. The standard InChI is InChI=1S/C16H23N3O3/c1-22-10-8-17-11-15(20)18-12-16(21)19-9-4-6-13-5-2-3-7-14(13)19/h2-3,5,7,17H,4,6,8-12H2,1H3,(H,18,20). The quantitative estimate of drug-likeness (QED) is 0.712. The van der Waals surface area contributed by atoms with Crippen LogP contribution in [0, 0.1) is 0 Å². The molecule has 0 spiro atoms. The number of rotatable bonds is 7. The van der Waals surface area contributed by atoms with Crippen LogP contribution in [0.5, 0.6) is 0 Å². The van der Waals surface area contributed by atoms with Crippen molar-refractivity contribution >= 4 is 17.5 Å². The number of hydrogen-bond donors (Lipinski definition) is 2. The molecule has 6 nitrogen and oxygen atoms in total. The normalized spacial score (nSPS) is 13.6. The number of nitrogens with zero attached hydrogens (tertiary/aromatic N) is 1. The van der Waals surface area contributed by atoms with E-state index in [0.29, 0.717) is 19.7 Å². The van der Waals surface area contributed by atoms with Crippen LogP contribution in [0.25, 0.3) is 0 Å². The number of hydrogen-bond acceptors (Lipinski definition) is 4. The molecular weight excluding hydrogens is 282 g/mol. The lowest BCUT2D eigenvalue weighted by Crippen LogP contribution is -2.44. The molecule has 1 aromatic rings. The first-order valence-electron chi connectivity index (χ1n) is 7.57. The van der Waals surface area contributed by atoms with Crippen LogP contribution >= 0.6 is 0 Å². The van der Waals surface area contributed by atoms with E-state index in [2.05, 4.69) is 10.6 Å². The minimum absolute atomic E-state index is 0.0269. The molecule has 0 atom stereocenters. The van der Waals surface area contributed by atoms with Gasteiger partial charge in [-0.15, -0.1) is 0 Å². The van der Waals surface area contributed by atoms with Crippen LogP contribution in [0.2, 0.25) is 0 Å². The Morgan fingerprint density at radius 1 is 1.27 bits per heavy atom. The molecule has 1 aromatic carbocycles. The van der Waals surface area contributed by atoms with E-state index in [4.69, 9.17) is 4.74 Å². The van der Waals surface area contributed by atoms with Gasteiger partial charge in [0.1, 0.15) is 0 Å². The lowest BCUT2D eigenvalue weighted by atomic mass is 10.0. The van der Waals surface area contributed by atoms with Crippen molar-refractivity contribution in [2.24, 2.45) is 0 Å². The number of methoxy groups -OCH3 is 1. The van der Waals surface area contributed by atoms with Gasteiger partial charge in [0.25, 0.3) is 0 Å². The second kappa shape index (κ2) is 8.51. The second-order valence-electron chi connectivity index (χ2n) is 5.22. The first-order valence-corrected chi connectivity index (χ1v) is 7.57. The molecule has 1 heterocycles. The van der Waals surface area contributed by atoms with Crippen LogP contribution in [-0.4, -0.2) is 51.7 Å². The summed E-state index contributed by atoms with van der Waals surface area (Å²) in [5, 5.41) is 5.60. The van der Waals surface area contributed by atoms with E-state index < -0.39 is 0 Å². The highest BCUT2D eigenvalue weighted by atomic mass is 16.5. The molecule has 0 aromatic heterocycles. The number of nitrogens with one attached hydrogen (secondary N) is 2. The largest absolute Gasteiger partial charge is 0.383 e. The fourth-order valence-corrected chi connectivity index (χ4v) is 2.50. The lowest BCUT2D eigenvalue weighted by molar-refractivity contribution is -0.124. The third-order valence-corrected chi connectivity index (χ3v) is 3.62. The van der Waals surface area contributed by atoms with Crippen LogP contribution in [0.15, 0.2) is 24.3 Å². The van der Waals surface area contributed by atoms with Crippen molar-refractivity contribution in [1.29, 1.82) is 0 Å². The van der Waals surface area contributed by atoms with Gasteiger partial charge in [-0.25, -0.2) is 0 Å². The Hall–Kier alpha value is -1.92. The van der Waals surface area contributed by atoms with E-state index >= 15 is 0 Å². The number of anilines is 1. The van der Waals surface area contributed by atoms with Crippen LogP contribution in [-0.2, 0) is 20.7 Å². The first-order chi connectivity index (χ1) is 10.7. The third-order valence-electron chi connectivity index (χ3n) is 3.62. The number of amides is 2. The SMILES string of the molecule is COCCNCC(=O)NCC(=O)N1CCCc2ccccc21. The molecular formula is C16H23N3O3. The van der Waals surface area contributed by atoms with E-state index in [9.17, 15) is 9.59 Å². The summed E-state index contributed by atoms with van der Waals surface area (Å²) in [5.41, 5.74) is 2.15. The number of aryl methyl sites for hydroxylation is 1. The highest BCUT2D eigenvalue weighted by Gasteiger charge is 2.22. The lowest BCUT2D eigenvalue weighted by Gasteiger charge is -2.29. The fraction of sp³-hybridized carbons (Fsp3) is 0.500. The van der Waals surface area contributed by atoms with E-state index in [0.717, 1.165) is 18.5 Å². The Labute approximate surface area is 130 Å². The molecule has 0 unspecified atom stereocenters. The summed E-state index contributed by atoms with van der Waals surface area (Å²) < 4.78 is 4.88. The Morgan fingerprint density at radius 2 is 2.09 bits per heavy atom. The van der Waals surface area contributed by atoms with E-state index in [1.54, 1.807) is 12.0 Å². The smallest absolute Gasteiger partial charge is 0.246 e.